The third-order valence-electron chi connectivity index (χ3n) is 4.15. The quantitative estimate of drug-likeness (QED) is 0.641. The highest BCUT2D eigenvalue weighted by Crippen LogP contribution is 2.20. The van der Waals surface area contributed by atoms with Crippen molar-refractivity contribution in [1.29, 1.82) is 0 Å². The molecule has 1 aromatic carbocycles. The molecule has 2 atom stereocenters. The van der Waals surface area contributed by atoms with Crippen LogP contribution in [-0.4, -0.2) is 60.8 Å². The molecule has 0 bridgehead atoms. The normalized spacial score (nSPS) is 19.2. The number of amides is 1. The number of carboxylic acids is 1. The van der Waals surface area contributed by atoms with Gasteiger partial charge in [-0.05, 0) is 46.2 Å². The molecule has 1 aromatic rings. The largest absolute Gasteiger partial charge is 0.480 e. The number of nitrogens with one attached hydrogen (secondary N) is 2. The first-order valence-electron chi connectivity index (χ1n) is 8.91. The average Bonchev–Trinajstić information content (AvgIpc) is 3.02. The molecule has 1 aliphatic rings. The molecule has 1 fully saturated rings. The summed E-state index contributed by atoms with van der Waals surface area (Å²) >= 11 is 0. The molecular weight excluding hydrogens is 386 g/mol. The maximum absolute atomic E-state index is 12.7. The lowest BCUT2D eigenvalue weighted by Crippen LogP contribution is -2.46. The SMILES string of the molecule is Cc1ccc(S(=O)(=O)N2CN[C@@H](C[C@H](NC(=O)OC(C)(C)C)C(=O)O)C2)cc1. The second-order valence-electron chi connectivity index (χ2n) is 7.78. The number of rotatable bonds is 6. The van der Waals surface area contributed by atoms with Crippen LogP contribution in [0.5, 0.6) is 0 Å². The van der Waals surface area contributed by atoms with E-state index in [-0.39, 0.29) is 24.5 Å². The summed E-state index contributed by atoms with van der Waals surface area (Å²) in [6.07, 6.45) is -0.809. The van der Waals surface area contributed by atoms with Crippen molar-refractivity contribution in [2.24, 2.45) is 0 Å². The zero-order valence-electron chi connectivity index (χ0n) is 16.4. The third kappa shape index (κ3) is 5.91. The van der Waals surface area contributed by atoms with Gasteiger partial charge in [0.1, 0.15) is 11.6 Å². The van der Waals surface area contributed by atoms with Gasteiger partial charge in [-0.25, -0.2) is 18.0 Å². The Balaban J connectivity index is 2.00. The van der Waals surface area contributed by atoms with Crippen molar-refractivity contribution in [3.63, 3.8) is 0 Å². The van der Waals surface area contributed by atoms with Crippen LogP contribution in [0.3, 0.4) is 0 Å². The monoisotopic (exact) mass is 413 g/mol. The molecule has 28 heavy (non-hydrogen) atoms. The fourth-order valence-electron chi connectivity index (χ4n) is 2.76. The number of benzene rings is 1. The molecule has 2 rings (SSSR count). The van der Waals surface area contributed by atoms with Gasteiger partial charge in [-0.15, -0.1) is 0 Å². The molecule has 1 saturated heterocycles. The molecule has 1 heterocycles. The molecule has 0 saturated carbocycles. The molecule has 1 amide bonds. The Morgan fingerprint density at radius 1 is 1.32 bits per heavy atom. The maximum Gasteiger partial charge on any atom is 0.408 e. The summed E-state index contributed by atoms with van der Waals surface area (Å²) < 4.78 is 31.8. The molecular formula is C18H27N3O6S. The number of hydrogen-bond acceptors (Lipinski definition) is 6. The number of hydrogen-bond donors (Lipinski definition) is 3. The molecule has 1 aliphatic heterocycles. The Morgan fingerprint density at radius 2 is 1.93 bits per heavy atom. The number of ether oxygens (including phenoxy) is 1. The summed E-state index contributed by atoms with van der Waals surface area (Å²) in [5.41, 5.74) is 0.200. The number of aryl methyl sites for hydroxylation is 1. The summed E-state index contributed by atoms with van der Waals surface area (Å²) in [6, 6.07) is 4.91. The highest BCUT2D eigenvalue weighted by Gasteiger charge is 2.35. The number of sulfonamides is 1. The van der Waals surface area contributed by atoms with E-state index in [1.807, 2.05) is 6.92 Å². The summed E-state index contributed by atoms with van der Waals surface area (Å²) in [5.74, 6) is -1.22. The predicted octanol–water partition coefficient (Wildman–Crippen LogP) is 1.28. The van der Waals surface area contributed by atoms with Crippen molar-refractivity contribution in [1.82, 2.24) is 14.9 Å². The highest BCUT2D eigenvalue weighted by molar-refractivity contribution is 7.89. The highest BCUT2D eigenvalue weighted by atomic mass is 32.2. The van der Waals surface area contributed by atoms with Gasteiger partial charge >= 0.3 is 12.1 Å². The molecule has 9 nitrogen and oxygen atoms in total. The van der Waals surface area contributed by atoms with Crippen LogP contribution < -0.4 is 10.6 Å². The number of alkyl carbamates (subject to hydrolysis) is 1. The van der Waals surface area contributed by atoms with Crippen molar-refractivity contribution in [2.45, 2.75) is 56.7 Å². The fourth-order valence-corrected chi connectivity index (χ4v) is 4.16. The summed E-state index contributed by atoms with van der Waals surface area (Å²) in [4.78, 5) is 23.5. The first-order valence-corrected chi connectivity index (χ1v) is 10.3. The standard InChI is InChI=1S/C18H27N3O6S/c1-12-5-7-14(8-6-12)28(25,26)21-10-13(19-11-21)9-15(16(22)23)20-17(24)27-18(2,3)4/h5-8,13,15,19H,9-11H2,1-4H3,(H,20,24)(H,22,23)/t13-,15-/m0/s1. The van der Waals surface area contributed by atoms with E-state index in [0.717, 1.165) is 5.56 Å². The second kappa shape index (κ2) is 8.46. The van der Waals surface area contributed by atoms with E-state index in [1.165, 1.54) is 4.31 Å². The molecule has 0 aromatic heterocycles. The van der Waals surface area contributed by atoms with Gasteiger partial charge in [0.25, 0.3) is 0 Å². The van der Waals surface area contributed by atoms with Gasteiger partial charge in [0.15, 0.2) is 0 Å². The molecule has 0 spiro atoms. The lowest BCUT2D eigenvalue weighted by atomic mass is 10.1. The molecule has 10 heteroatoms. The lowest BCUT2D eigenvalue weighted by molar-refractivity contribution is -0.139. The van der Waals surface area contributed by atoms with E-state index in [4.69, 9.17) is 4.74 Å². The minimum absolute atomic E-state index is 0.0223. The fraction of sp³-hybridized carbons (Fsp3) is 0.556. The molecule has 156 valence electrons. The average molecular weight is 413 g/mol. The molecule has 0 radical (unpaired) electrons. The van der Waals surface area contributed by atoms with Crippen molar-refractivity contribution in [3.8, 4) is 0 Å². The first-order chi connectivity index (χ1) is 12.9. The van der Waals surface area contributed by atoms with Gasteiger partial charge in [0.2, 0.25) is 10.0 Å². The van der Waals surface area contributed by atoms with Crippen LogP contribution in [-0.2, 0) is 19.6 Å². The lowest BCUT2D eigenvalue weighted by Gasteiger charge is -2.23. The third-order valence-corrected chi connectivity index (χ3v) is 5.97. The van der Waals surface area contributed by atoms with Crippen LogP contribution in [0.4, 0.5) is 4.79 Å². The zero-order valence-corrected chi connectivity index (χ0v) is 17.2. The van der Waals surface area contributed by atoms with E-state index in [0.29, 0.717) is 0 Å². The van der Waals surface area contributed by atoms with Crippen LogP contribution in [0.25, 0.3) is 0 Å². The van der Waals surface area contributed by atoms with Gasteiger partial charge in [0.05, 0.1) is 11.6 Å². The van der Waals surface area contributed by atoms with E-state index >= 15 is 0 Å². The van der Waals surface area contributed by atoms with E-state index in [9.17, 15) is 23.1 Å². The topological polar surface area (TPSA) is 125 Å². The number of nitrogens with zero attached hydrogens (tertiary/aromatic N) is 1. The number of carbonyl (C=O) groups is 2. The summed E-state index contributed by atoms with van der Waals surface area (Å²) in [5, 5.41) is 14.7. The molecule has 0 unspecified atom stereocenters. The van der Waals surface area contributed by atoms with Crippen LogP contribution in [0.2, 0.25) is 0 Å². The van der Waals surface area contributed by atoms with Gasteiger partial charge in [-0.2, -0.15) is 4.31 Å². The van der Waals surface area contributed by atoms with Crippen LogP contribution in [0.1, 0.15) is 32.8 Å². The van der Waals surface area contributed by atoms with E-state index in [1.54, 1.807) is 45.0 Å². The molecule has 0 aliphatic carbocycles. The summed E-state index contributed by atoms with van der Waals surface area (Å²) in [6.45, 7) is 7.07. The van der Waals surface area contributed by atoms with Crippen molar-refractivity contribution in [2.75, 3.05) is 13.2 Å². The second-order valence-corrected chi connectivity index (χ2v) is 9.72. The first kappa shape index (κ1) is 22.1. The smallest absolute Gasteiger partial charge is 0.408 e. The minimum Gasteiger partial charge on any atom is -0.480 e. The van der Waals surface area contributed by atoms with Gasteiger partial charge < -0.3 is 15.2 Å². The van der Waals surface area contributed by atoms with Crippen molar-refractivity contribution in [3.05, 3.63) is 29.8 Å². The summed E-state index contributed by atoms with van der Waals surface area (Å²) in [7, 11) is -3.68. The van der Waals surface area contributed by atoms with Gasteiger partial charge in [-0.1, -0.05) is 17.7 Å². The van der Waals surface area contributed by atoms with Gasteiger partial charge in [0, 0.05) is 12.6 Å². The Bertz CT molecular complexity index is 817. The Labute approximate surface area is 165 Å². The van der Waals surface area contributed by atoms with Crippen molar-refractivity contribution >= 4 is 22.1 Å². The minimum atomic E-state index is -3.68. The number of carboxylic acid groups (broad SMARTS) is 1. The Morgan fingerprint density at radius 3 is 2.46 bits per heavy atom. The van der Waals surface area contributed by atoms with Gasteiger partial charge in [-0.3, -0.25) is 5.32 Å². The molecule has 3 N–H and O–H groups in total. The Hall–Kier alpha value is -2.17. The Kier molecular flexibility index (Phi) is 6.68. The van der Waals surface area contributed by atoms with Crippen LogP contribution >= 0.6 is 0 Å². The predicted molar refractivity (Wildman–Crippen MR) is 102 cm³/mol. The van der Waals surface area contributed by atoms with Crippen LogP contribution in [0.15, 0.2) is 29.2 Å². The maximum atomic E-state index is 12.7. The van der Waals surface area contributed by atoms with Crippen LogP contribution in [0, 0.1) is 6.92 Å². The zero-order chi connectivity index (χ0) is 21.1. The van der Waals surface area contributed by atoms with Crippen molar-refractivity contribution < 1.29 is 27.9 Å². The number of aliphatic carboxylic acids is 1. The van der Waals surface area contributed by atoms with E-state index in [2.05, 4.69) is 10.6 Å². The number of carbonyl (C=O) groups excluding carboxylic acids is 1. The van der Waals surface area contributed by atoms with E-state index < -0.39 is 39.8 Å².